The lowest BCUT2D eigenvalue weighted by Gasteiger charge is -2.20. The Hall–Kier alpha value is -3.51. The van der Waals surface area contributed by atoms with E-state index in [0.29, 0.717) is 22.1 Å². The Morgan fingerprint density at radius 3 is 2.47 bits per heavy atom. The standard InChI is InChI=1S/C24H20N2O3S/c1-16-6-5-7-20(14-16)29-15-23(28)26(19-12-10-18(11-13-19)17(2)27)24-25-21-8-3-4-9-22(21)30-24/h3-14H,15H2,1-2H3. The molecule has 0 unspecified atom stereocenters. The van der Waals surface area contributed by atoms with Gasteiger partial charge >= 0.3 is 0 Å². The SMILES string of the molecule is CC(=O)c1ccc(N(C(=O)COc2cccc(C)c2)c2nc3ccccc3s2)cc1. The third-order valence-corrected chi connectivity index (χ3v) is 5.63. The van der Waals surface area contributed by atoms with Crippen LogP contribution >= 0.6 is 11.3 Å². The maximum Gasteiger partial charge on any atom is 0.271 e. The molecular weight excluding hydrogens is 396 g/mol. The van der Waals surface area contributed by atoms with Gasteiger partial charge in [0.2, 0.25) is 0 Å². The van der Waals surface area contributed by atoms with Crippen molar-refractivity contribution in [2.45, 2.75) is 13.8 Å². The highest BCUT2D eigenvalue weighted by Gasteiger charge is 2.22. The van der Waals surface area contributed by atoms with Crippen LogP contribution in [0.4, 0.5) is 10.8 Å². The lowest BCUT2D eigenvalue weighted by molar-refractivity contribution is -0.119. The molecule has 30 heavy (non-hydrogen) atoms. The van der Waals surface area contributed by atoms with Crippen molar-refractivity contribution in [3.05, 3.63) is 83.9 Å². The Labute approximate surface area is 178 Å². The van der Waals surface area contributed by atoms with Crippen molar-refractivity contribution in [1.29, 1.82) is 0 Å². The van der Waals surface area contributed by atoms with Crippen LogP contribution in [0.1, 0.15) is 22.8 Å². The minimum Gasteiger partial charge on any atom is -0.484 e. The summed E-state index contributed by atoms with van der Waals surface area (Å²) in [5.41, 5.74) is 3.11. The number of ketones is 1. The first-order valence-electron chi connectivity index (χ1n) is 9.50. The number of ether oxygens (including phenoxy) is 1. The van der Waals surface area contributed by atoms with Crippen LogP contribution < -0.4 is 9.64 Å². The number of benzene rings is 3. The highest BCUT2D eigenvalue weighted by atomic mass is 32.1. The number of rotatable bonds is 6. The number of Topliss-reactive ketones (excluding diaryl/α,β-unsaturated/α-hetero) is 1. The summed E-state index contributed by atoms with van der Waals surface area (Å²) in [7, 11) is 0. The molecule has 0 saturated carbocycles. The lowest BCUT2D eigenvalue weighted by atomic mass is 10.1. The van der Waals surface area contributed by atoms with Crippen molar-refractivity contribution >= 4 is 44.1 Å². The third-order valence-electron chi connectivity index (χ3n) is 4.61. The van der Waals surface area contributed by atoms with Gasteiger partial charge in [-0.1, -0.05) is 35.6 Å². The van der Waals surface area contributed by atoms with Crippen molar-refractivity contribution in [2.24, 2.45) is 0 Å². The van der Waals surface area contributed by atoms with Crippen molar-refractivity contribution in [3.63, 3.8) is 0 Å². The van der Waals surface area contributed by atoms with Crippen LogP contribution in [0.25, 0.3) is 10.2 Å². The average molecular weight is 417 g/mol. The lowest BCUT2D eigenvalue weighted by Crippen LogP contribution is -2.30. The van der Waals surface area contributed by atoms with E-state index in [2.05, 4.69) is 4.98 Å². The number of anilines is 2. The third kappa shape index (κ3) is 4.23. The number of carbonyl (C=O) groups is 2. The molecule has 0 atom stereocenters. The molecule has 4 rings (SSSR count). The molecule has 1 aromatic heterocycles. The van der Waals surface area contributed by atoms with Crippen LogP contribution in [-0.4, -0.2) is 23.3 Å². The van der Waals surface area contributed by atoms with E-state index in [1.807, 2.05) is 55.5 Å². The summed E-state index contributed by atoms with van der Waals surface area (Å²) >= 11 is 1.43. The normalized spacial score (nSPS) is 10.7. The summed E-state index contributed by atoms with van der Waals surface area (Å²) in [5, 5.41) is 0.560. The van der Waals surface area contributed by atoms with Gasteiger partial charge < -0.3 is 4.74 Å². The minimum absolute atomic E-state index is 0.0257. The molecule has 5 nitrogen and oxygen atoms in total. The number of nitrogens with zero attached hydrogens (tertiary/aromatic N) is 2. The molecule has 6 heteroatoms. The second-order valence-electron chi connectivity index (χ2n) is 6.90. The maximum atomic E-state index is 13.2. The van der Waals surface area contributed by atoms with Gasteiger partial charge in [0.15, 0.2) is 17.5 Å². The Balaban J connectivity index is 1.67. The summed E-state index contributed by atoms with van der Waals surface area (Å²) in [4.78, 5) is 31.0. The van der Waals surface area contributed by atoms with Crippen molar-refractivity contribution in [2.75, 3.05) is 11.5 Å². The number of fused-ring (bicyclic) bond motifs is 1. The molecule has 1 heterocycles. The first kappa shape index (κ1) is 19.8. The van der Waals surface area contributed by atoms with E-state index in [0.717, 1.165) is 15.8 Å². The van der Waals surface area contributed by atoms with Gasteiger partial charge in [0.1, 0.15) is 5.75 Å². The van der Waals surface area contributed by atoms with Gasteiger partial charge in [-0.25, -0.2) is 4.98 Å². The van der Waals surface area contributed by atoms with Crippen LogP contribution in [0.15, 0.2) is 72.8 Å². The zero-order chi connectivity index (χ0) is 21.1. The number of para-hydroxylation sites is 1. The predicted molar refractivity (Wildman–Crippen MR) is 120 cm³/mol. The summed E-state index contributed by atoms with van der Waals surface area (Å²) in [6.45, 7) is 3.35. The van der Waals surface area contributed by atoms with Crippen LogP contribution in [0.3, 0.4) is 0 Å². The molecule has 0 aliphatic heterocycles. The van der Waals surface area contributed by atoms with Crippen molar-refractivity contribution < 1.29 is 14.3 Å². The highest BCUT2D eigenvalue weighted by Crippen LogP contribution is 2.33. The molecule has 4 aromatic rings. The van der Waals surface area contributed by atoms with Gasteiger partial charge in [-0.2, -0.15) is 0 Å². The van der Waals surface area contributed by atoms with Gasteiger partial charge in [-0.15, -0.1) is 0 Å². The van der Waals surface area contributed by atoms with Gasteiger partial charge in [0.25, 0.3) is 5.91 Å². The van der Waals surface area contributed by atoms with E-state index in [9.17, 15) is 9.59 Å². The maximum absolute atomic E-state index is 13.2. The second-order valence-corrected chi connectivity index (χ2v) is 7.91. The van der Waals surface area contributed by atoms with Crippen molar-refractivity contribution in [3.8, 4) is 5.75 Å². The molecule has 0 bridgehead atoms. The first-order valence-corrected chi connectivity index (χ1v) is 10.3. The molecule has 0 radical (unpaired) electrons. The van der Waals surface area contributed by atoms with Gasteiger partial charge in [0.05, 0.1) is 15.9 Å². The Morgan fingerprint density at radius 2 is 1.77 bits per heavy atom. The average Bonchev–Trinajstić information content (AvgIpc) is 3.16. The first-order chi connectivity index (χ1) is 14.5. The summed E-state index contributed by atoms with van der Waals surface area (Å²) < 4.78 is 6.73. The van der Waals surface area contributed by atoms with Gasteiger partial charge in [0, 0.05) is 5.56 Å². The number of carbonyl (C=O) groups excluding carboxylic acids is 2. The number of hydrogen-bond acceptors (Lipinski definition) is 5. The molecule has 0 spiro atoms. The van der Waals surface area contributed by atoms with E-state index in [1.165, 1.54) is 18.3 Å². The molecule has 3 aromatic carbocycles. The molecule has 0 aliphatic rings. The quantitative estimate of drug-likeness (QED) is 0.387. The molecule has 0 fully saturated rings. The Kier molecular flexibility index (Phi) is 5.59. The van der Waals surface area contributed by atoms with Crippen molar-refractivity contribution in [1.82, 2.24) is 4.98 Å². The van der Waals surface area contributed by atoms with E-state index in [1.54, 1.807) is 29.2 Å². The van der Waals surface area contributed by atoms with E-state index >= 15 is 0 Å². The van der Waals surface area contributed by atoms with Crippen LogP contribution in [0.5, 0.6) is 5.75 Å². The fourth-order valence-electron chi connectivity index (χ4n) is 3.08. The Bertz CT molecular complexity index is 1180. The zero-order valence-electron chi connectivity index (χ0n) is 16.7. The molecule has 0 aliphatic carbocycles. The zero-order valence-corrected chi connectivity index (χ0v) is 17.5. The van der Waals surface area contributed by atoms with Crippen LogP contribution in [-0.2, 0) is 4.79 Å². The number of hydrogen-bond donors (Lipinski definition) is 0. The number of aryl methyl sites for hydroxylation is 1. The topological polar surface area (TPSA) is 59.5 Å². The smallest absolute Gasteiger partial charge is 0.271 e. The second kappa shape index (κ2) is 8.47. The summed E-state index contributed by atoms with van der Waals surface area (Å²) in [6, 6.07) is 22.3. The van der Waals surface area contributed by atoms with E-state index in [4.69, 9.17) is 4.74 Å². The van der Waals surface area contributed by atoms with Crippen LogP contribution in [0.2, 0.25) is 0 Å². The number of aromatic nitrogens is 1. The number of amides is 1. The molecule has 150 valence electrons. The van der Waals surface area contributed by atoms with Gasteiger partial charge in [-0.3, -0.25) is 14.5 Å². The fourth-order valence-corrected chi connectivity index (χ4v) is 4.08. The predicted octanol–water partition coefficient (Wildman–Crippen LogP) is 5.55. The fraction of sp³-hybridized carbons (Fsp3) is 0.125. The van der Waals surface area contributed by atoms with E-state index in [-0.39, 0.29) is 18.3 Å². The van der Waals surface area contributed by atoms with Gasteiger partial charge in [-0.05, 0) is 67.9 Å². The monoisotopic (exact) mass is 416 g/mol. The molecular formula is C24H20N2O3S. The summed E-state index contributed by atoms with van der Waals surface area (Å²) in [5.74, 6) is 0.368. The highest BCUT2D eigenvalue weighted by molar-refractivity contribution is 7.22. The largest absolute Gasteiger partial charge is 0.484 e. The number of thiazole rings is 1. The minimum atomic E-state index is -0.244. The Morgan fingerprint density at radius 1 is 1.00 bits per heavy atom. The van der Waals surface area contributed by atoms with E-state index < -0.39 is 0 Å². The molecule has 1 amide bonds. The molecule has 0 saturated heterocycles. The summed E-state index contributed by atoms with van der Waals surface area (Å²) in [6.07, 6.45) is 0. The molecule has 0 N–H and O–H groups in total. The van der Waals surface area contributed by atoms with Crippen LogP contribution in [0, 0.1) is 6.92 Å².